The number of hydrogen-bond donors (Lipinski definition) is 2. The fourth-order valence-electron chi connectivity index (χ4n) is 1.26. The summed E-state index contributed by atoms with van der Waals surface area (Å²) in [5.41, 5.74) is 6.04. The number of nitrogens with two attached hydrogens (primary N) is 1. The van der Waals surface area contributed by atoms with E-state index in [4.69, 9.17) is 14.9 Å². The van der Waals surface area contributed by atoms with Gasteiger partial charge in [-0.25, -0.2) is 4.98 Å². The molecule has 0 bridgehead atoms. The van der Waals surface area contributed by atoms with Gasteiger partial charge in [-0.15, -0.1) is 0 Å². The van der Waals surface area contributed by atoms with Crippen molar-refractivity contribution in [2.24, 2.45) is 0 Å². The Hall–Kier alpha value is -2.17. The Balaban J connectivity index is 2.42. The van der Waals surface area contributed by atoms with Crippen LogP contribution in [0, 0.1) is 0 Å². The zero-order chi connectivity index (χ0) is 10.8. The standard InChI is InChI=1S/C10H10N2O3/c1-14-8-3-2-6(4-7(8)13)9-5-12-10(11)15-9/h2-5,13H,1H3,(H2,11,12). The van der Waals surface area contributed by atoms with E-state index in [0.717, 1.165) is 0 Å². The molecule has 3 N–H and O–H groups in total. The van der Waals surface area contributed by atoms with Gasteiger partial charge in [0.25, 0.3) is 6.01 Å². The van der Waals surface area contributed by atoms with E-state index in [1.807, 2.05) is 0 Å². The first kappa shape index (κ1) is 9.39. The number of aromatic hydroxyl groups is 1. The molecule has 0 spiro atoms. The molecule has 0 atom stereocenters. The maximum Gasteiger partial charge on any atom is 0.292 e. The average Bonchev–Trinajstić information content (AvgIpc) is 2.65. The van der Waals surface area contributed by atoms with E-state index in [1.165, 1.54) is 19.4 Å². The van der Waals surface area contributed by atoms with Gasteiger partial charge in [-0.3, -0.25) is 0 Å². The Morgan fingerprint density at radius 2 is 2.27 bits per heavy atom. The predicted molar refractivity (Wildman–Crippen MR) is 54.6 cm³/mol. The van der Waals surface area contributed by atoms with Gasteiger partial charge in [0.05, 0.1) is 13.3 Å². The minimum Gasteiger partial charge on any atom is -0.504 e. The van der Waals surface area contributed by atoms with Crippen LogP contribution in [-0.4, -0.2) is 17.2 Å². The Labute approximate surface area is 86.1 Å². The number of oxazole rings is 1. The van der Waals surface area contributed by atoms with Crippen molar-refractivity contribution < 1.29 is 14.3 Å². The van der Waals surface area contributed by atoms with E-state index in [1.54, 1.807) is 12.1 Å². The molecule has 2 aromatic rings. The van der Waals surface area contributed by atoms with E-state index in [-0.39, 0.29) is 11.8 Å². The number of benzene rings is 1. The molecule has 1 aromatic heterocycles. The van der Waals surface area contributed by atoms with Gasteiger partial charge in [-0.2, -0.15) is 0 Å². The normalized spacial score (nSPS) is 10.2. The van der Waals surface area contributed by atoms with Gasteiger partial charge in [0.2, 0.25) is 0 Å². The largest absolute Gasteiger partial charge is 0.504 e. The van der Waals surface area contributed by atoms with E-state index < -0.39 is 0 Å². The molecule has 5 heteroatoms. The third-order valence-electron chi connectivity index (χ3n) is 1.99. The molecule has 0 unspecified atom stereocenters. The summed E-state index contributed by atoms with van der Waals surface area (Å²) in [4.78, 5) is 3.76. The third kappa shape index (κ3) is 1.71. The number of hydrogen-bond acceptors (Lipinski definition) is 5. The highest BCUT2D eigenvalue weighted by atomic mass is 16.5. The SMILES string of the molecule is COc1ccc(-c2cnc(N)o2)cc1O. The number of rotatable bonds is 2. The fourth-order valence-corrected chi connectivity index (χ4v) is 1.26. The Morgan fingerprint density at radius 3 is 2.80 bits per heavy atom. The smallest absolute Gasteiger partial charge is 0.292 e. The predicted octanol–water partition coefficient (Wildman–Crippen LogP) is 1.64. The van der Waals surface area contributed by atoms with Crippen molar-refractivity contribution in [1.29, 1.82) is 0 Å². The Bertz CT molecular complexity index is 479. The molecular formula is C10H10N2O3. The van der Waals surface area contributed by atoms with Crippen LogP contribution in [-0.2, 0) is 0 Å². The van der Waals surface area contributed by atoms with Crippen molar-refractivity contribution in [3.05, 3.63) is 24.4 Å². The van der Waals surface area contributed by atoms with Gasteiger partial charge < -0.3 is 20.0 Å². The first-order valence-corrected chi connectivity index (χ1v) is 4.29. The van der Waals surface area contributed by atoms with E-state index in [2.05, 4.69) is 4.98 Å². The summed E-state index contributed by atoms with van der Waals surface area (Å²) in [5, 5.41) is 9.54. The monoisotopic (exact) mass is 206 g/mol. The molecule has 0 saturated heterocycles. The maximum atomic E-state index is 9.54. The highest BCUT2D eigenvalue weighted by Gasteiger charge is 2.07. The van der Waals surface area contributed by atoms with Crippen molar-refractivity contribution in [1.82, 2.24) is 4.98 Å². The summed E-state index contributed by atoms with van der Waals surface area (Å²) in [7, 11) is 1.49. The summed E-state index contributed by atoms with van der Waals surface area (Å²) >= 11 is 0. The lowest BCUT2D eigenvalue weighted by Crippen LogP contribution is -1.83. The molecule has 1 heterocycles. The molecule has 0 aliphatic carbocycles. The average molecular weight is 206 g/mol. The van der Waals surface area contributed by atoms with E-state index >= 15 is 0 Å². The van der Waals surface area contributed by atoms with Crippen LogP contribution in [0.25, 0.3) is 11.3 Å². The van der Waals surface area contributed by atoms with Crippen molar-refractivity contribution in [3.63, 3.8) is 0 Å². The second-order valence-corrected chi connectivity index (χ2v) is 2.95. The number of methoxy groups -OCH3 is 1. The van der Waals surface area contributed by atoms with Crippen LogP contribution >= 0.6 is 0 Å². The number of phenols is 1. The van der Waals surface area contributed by atoms with Crippen molar-refractivity contribution in [2.45, 2.75) is 0 Å². The number of nitrogen functional groups attached to an aromatic ring is 1. The molecule has 2 rings (SSSR count). The highest BCUT2D eigenvalue weighted by molar-refractivity contribution is 5.62. The van der Waals surface area contributed by atoms with Gasteiger partial charge in [0.1, 0.15) is 0 Å². The molecule has 0 aliphatic rings. The molecule has 15 heavy (non-hydrogen) atoms. The summed E-state index contributed by atoms with van der Waals surface area (Å²) < 4.78 is 10.0. The van der Waals surface area contributed by atoms with Gasteiger partial charge in [0.15, 0.2) is 17.3 Å². The Kier molecular flexibility index (Phi) is 2.21. The van der Waals surface area contributed by atoms with Crippen molar-refractivity contribution in [2.75, 3.05) is 12.8 Å². The lowest BCUT2D eigenvalue weighted by molar-refractivity contribution is 0.373. The van der Waals surface area contributed by atoms with Gasteiger partial charge in [-0.1, -0.05) is 0 Å². The second-order valence-electron chi connectivity index (χ2n) is 2.95. The second kappa shape index (κ2) is 3.53. The molecule has 0 saturated carbocycles. The third-order valence-corrected chi connectivity index (χ3v) is 1.99. The zero-order valence-corrected chi connectivity index (χ0v) is 8.10. The van der Waals surface area contributed by atoms with E-state index in [9.17, 15) is 5.11 Å². The number of nitrogens with zero attached hydrogens (tertiary/aromatic N) is 1. The molecule has 0 fully saturated rings. The van der Waals surface area contributed by atoms with Crippen molar-refractivity contribution in [3.8, 4) is 22.8 Å². The number of ether oxygens (including phenoxy) is 1. The molecular weight excluding hydrogens is 196 g/mol. The van der Waals surface area contributed by atoms with Gasteiger partial charge in [-0.05, 0) is 18.2 Å². The van der Waals surface area contributed by atoms with Crippen LogP contribution in [0.4, 0.5) is 6.01 Å². The van der Waals surface area contributed by atoms with E-state index in [0.29, 0.717) is 17.1 Å². The lowest BCUT2D eigenvalue weighted by Gasteiger charge is -2.03. The molecule has 78 valence electrons. The molecule has 1 aromatic carbocycles. The summed E-state index contributed by atoms with van der Waals surface area (Å²) in [6.45, 7) is 0. The summed E-state index contributed by atoms with van der Waals surface area (Å²) in [6, 6.07) is 5.01. The van der Waals surface area contributed by atoms with Crippen LogP contribution in [0.3, 0.4) is 0 Å². The van der Waals surface area contributed by atoms with Crippen molar-refractivity contribution >= 4 is 6.01 Å². The summed E-state index contributed by atoms with van der Waals surface area (Å²) in [6.07, 6.45) is 1.50. The van der Waals surface area contributed by atoms with Crippen LogP contribution in [0.15, 0.2) is 28.8 Å². The first-order valence-electron chi connectivity index (χ1n) is 4.29. The topological polar surface area (TPSA) is 81.5 Å². The number of aromatic nitrogens is 1. The number of phenolic OH excluding ortho intramolecular Hbond substituents is 1. The van der Waals surface area contributed by atoms with Crippen LogP contribution in [0.5, 0.6) is 11.5 Å². The quantitative estimate of drug-likeness (QED) is 0.780. The lowest BCUT2D eigenvalue weighted by atomic mass is 10.1. The van der Waals surface area contributed by atoms with Gasteiger partial charge in [0, 0.05) is 5.56 Å². The highest BCUT2D eigenvalue weighted by Crippen LogP contribution is 2.31. The zero-order valence-electron chi connectivity index (χ0n) is 8.10. The number of anilines is 1. The molecule has 0 aliphatic heterocycles. The fraction of sp³-hybridized carbons (Fsp3) is 0.100. The van der Waals surface area contributed by atoms with Crippen LogP contribution in [0.1, 0.15) is 0 Å². The Morgan fingerprint density at radius 1 is 1.47 bits per heavy atom. The van der Waals surface area contributed by atoms with Crippen LogP contribution < -0.4 is 10.5 Å². The minimum absolute atomic E-state index is 0.0463. The summed E-state index contributed by atoms with van der Waals surface area (Å²) in [5.74, 6) is 0.960. The molecule has 0 radical (unpaired) electrons. The van der Waals surface area contributed by atoms with Crippen LogP contribution in [0.2, 0.25) is 0 Å². The maximum absolute atomic E-state index is 9.54. The van der Waals surface area contributed by atoms with Gasteiger partial charge >= 0.3 is 0 Å². The first-order chi connectivity index (χ1) is 7.20. The minimum atomic E-state index is 0.0463. The molecule has 0 amide bonds. The molecule has 5 nitrogen and oxygen atoms in total.